The number of aryl methyl sites for hydroxylation is 2. The molecule has 4 nitrogen and oxygen atoms in total. The van der Waals surface area contributed by atoms with Gasteiger partial charge in [0.15, 0.2) is 0 Å². The molecule has 0 aliphatic heterocycles. The van der Waals surface area contributed by atoms with Gasteiger partial charge >= 0.3 is 0 Å². The summed E-state index contributed by atoms with van der Waals surface area (Å²) in [4.78, 5) is 18.2. The largest absolute Gasteiger partial charge is 0.494 e. The molecule has 2 aromatic carbocycles. The van der Waals surface area contributed by atoms with E-state index in [0.717, 1.165) is 28.4 Å². The predicted molar refractivity (Wildman–Crippen MR) is 111 cm³/mol. The second kappa shape index (κ2) is 8.82. The second-order valence-electron chi connectivity index (χ2n) is 6.36. The monoisotopic (exact) mass is 380 g/mol. The van der Waals surface area contributed by atoms with Crippen molar-refractivity contribution < 1.29 is 9.53 Å². The fourth-order valence-electron chi connectivity index (χ4n) is 2.74. The lowest BCUT2D eigenvalue weighted by atomic mass is 10.2. The van der Waals surface area contributed by atoms with E-state index in [1.807, 2.05) is 26.0 Å². The Morgan fingerprint density at radius 1 is 1.07 bits per heavy atom. The van der Waals surface area contributed by atoms with Gasteiger partial charge in [0.25, 0.3) is 5.91 Å². The maximum Gasteiger partial charge on any atom is 0.251 e. The van der Waals surface area contributed by atoms with Crippen molar-refractivity contribution in [3.63, 3.8) is 0 Å². The van der Waals surface area contributed by atoms with E-state index in [2.05, 4.69) is 41.5 Å². The Morgan fingerprint density at radius 2 is 1.78 bits per heavy atom. The van der Waals surface area contributed by atoms with Crippen LogP contribution in [0.5, 0.6) is 5.75 Å². The first kappa shape index (κ1) is 19.1. The van der Waals surface area contributed by atoms with Crippen LogP contribution in [0.25, 0.3) is 10.6 Å². The minimum atomic E-state index is -0.0704. The van der Waals surface area contributed by atoms with Gasteiger partial charge < -0.3 is 10.1 Å². The highest BCUT2D eigenvalue weighted by Gasteiger charge is 2.11. The molecule has 0 unspecified atom stereocenters. The highest BCUT2D eigenvalue weighted by atomic mass is 32.1. The van der Waals surface area contributed by atoms with Crippen LogP contribution in [0.3, 0.4) is 0 Å². The third kappa shape index (κ3) is 4.95. The molecule has 1 N–H and O–H groups in total. The number of aromatic nitrogens is 1. The van der Waals surface area contributed by atoms with Crippen molar-refractivity contribution in [1.29, 1.82) is 0 Å². The zero-order valence-corrected chi connectivity index (χ0v) is 16.7. The average molecular weight is 381 g/mol. The third-order valence-electron chi connectivity index (χ3n) is 4.26. The lowest BCUT2D eigenvalue weighted by Gasteiger charge is -2.06. The van der Waals surface area contributed by atoms with Gasteiger partial charge in [-0.2, -0.15) is 0 Å². The molecule has 0 radical (unpaired) electrons. The number of rotatable bonds is 7. The second-order valence-corrected chi connectivity index (χ2v) is 7.44. The first-order chi connectivity index (χ1) is 13.1. The van der Waals surface area contributed by atoms with Crippen LogP contribution in [0, 0.1) is 13.8 Å². The van der Waals surface area contributed by atoms with E-state index < -0.39 is 0 Å². The van der Waals surface area contributed by atoms with Gasteiger partial charge in [-0.3, -0.25) is 4.79 Å². The van der Waals surface area contributed by atoms with Crippen LogP contribution in [0.15, 0.2) is 48.5 Å². The number of thiazole rings is 1. The number of benzene rings is 2. The third-order valence-corrected chi connectivity index (χ3v) is 5.52. The van der Waals surface area contributed by atoms with Crippen molar-refractivity contribution in [2.45, 2.75) is 27.2 Å². The van der Waals surface area contributed by atoms with Crippen molar-refractivity contribution in [3.8, 4) is 16.3 Å². The summed E-state index contributed by atoms with van der Waals surface area (Å²) in [5, 5.41) is 4.01. The fraction of sp³-hybridized carbons (Fsp3) is 0.273. The zero-order chi connectivity index (χ0) is 19.2. The highest BCUT2D eigenvalue weighted by molar-refractivity contribution is 7.15. The smallest absolute Gasteiger partial charge is 0.251 e. The number of ether oxygens (including phenoxy) is 1. The Labute approximate surface area is 164 Å². The summed E-state index contributed by atoms with van der Waals surface area (Å²) in [6.45, 7) is 7.24. The van der Waals surface area contributed by atoms with Crippen molar-refractivity contribution in [2.24, 2.45) is 0 Å². The number of carbonyl (C=O) groups is 1. The number of carbonyl (C=O) groups excluding carboxylic acids is 1. The van der Waals surface area contributed by atoms with E-state index in [1.54, 1.807) is 23.5 Å². The van der Waals surface area contributed by atoms with Crippen molar-refractivity contribution in [1.82, 2.24) is 10.3 Å². The molecule has 0 spiro atoms. The topological polar surface area (TPSA) is 51.2 Å². The van der Waals surface area contributed by atoms with Crippen LogP contribution < -0.4 is 10.1 Å². The van der Waals surface area contributed by atoms with Crippen LogP contribution in [-0.2, 0) is 6.42 Å². The van der Waals surface area contributed by atoms with Gasteiger partial charge in [-0.05, 0) is 45.0 Å². The van der Waals surface area contributed by atoms with Gasteiger partial charge in [-0.15, -0.1) is 11.3 Å². The van der Waals surface area contributed by atoms with E-state index in [9.17, 15) is 4.79 Å². The summed E-state index contributed by atoms with van der Waals surface area (Å²) in [5.74, 6) is 0.706. The van der Waals surface area contributed by atoms with E-state index >= 15 is 0 Å². The number of nitrogens with one attached hydrogen (secondary N) is 1. The maximum atomic E-state index is 12.3. The van der Waals surface area contributed by atoms with E-state index in [-0.39, 0.29) is 5.91 Å². The number of hydrogen-bond acceptors (Lipinski definition) is 4. The minimum absolute atomic E-state index is 0.0704. The van der Waals surface area contributed by atoms with E-state index in [1.165, 1.54) is 10.4 Å². The number of amides is 1. The SMILES string of the molecule is CCOc1ccc(C(=O)NCCc2sc(-c3ccc(C)cc3)nc2C)cc1. The molecular weight excluding hydrogens is 356 g/mol. The Morgan fingerprint density at radius 3 is 2.44 bits per heavy atom. The van der Waals surface area contributed by atoms with Gasteiger partial charge in [0.05, 0.1) is 12.3 Å². The van der Waals surface area contributed by atoms with E-state index in [4.69, 9.17) is 4.74 Å². The molecule has 0 aliphatic rings. The molecule has 1 heterocycles. The molecule has 1 amide bonds. The molecular formula is C22H24N2O2S. The summed E-state index contributed by atoms with van der Waals surface area (Å²) >= 11 is 1.69. The summed E-state index contributed by atoms with van der Waals surface area (Å²) in [6.07, 6.45) is 0.776. The first-order valence-corrected chi connectivity index (χ1v) is 9.93. The lowest BCUT2D eigenvalue weighted by molar-refractivity contribution is 0.0954. The predicted octanol–water partition coefficient (Wildman–Crippen LogP) is 4.80. The van der Waals surface area contributed by atoms with Crippen molar-refractivity contribution >= 4 is 17.2 Å². The Kier molecular flexibility index (Phi) is 6.24. The molecule has 0 saturated heterocycles. The number of hydrogen-bond donors (Lipinski definition) is 1. The molecule has 0 saturated carbocycles. The fourth-order valence-corrected chi connectivity index (χ4v) is 3.81. The Balaban J connectivity index is 1.57. The van der Waals surface area contributed by atoms with Crippen LogP contribution in [0.1, 0.15) is 33.4 Å². The summed E-state index contributed by atoms with van der Waals surface area (Å²) < 4.78 is 5.40. The van der Waals surface area contributed by atoms with Gasteiger partial charge in [-0.25, -0.2) is 4.98 Å². The minimum Gasteiger partial charge on any atom is -0.494 e. The van der Waals surface area contributed by atoms with Gasteiger partial charge in [0.1, 0.15) is 10.8 Å². The standard InChI is InChI=1S/C22H24N2O2S/c1-4-26-19-11-9-17(10-12-19)21(25)23-14-13-20-16(3)24-22(27-20)18-7-5-15(2)6-8-18/h5-12H,4,13-14H2,1-3H3,(H,23,25). The molecule has 3 aromatic rings. The van der Waals surface area contributed by atoms with Crippen LogP contribution in [0.4, 0.5) is 0 Å². The first-order valence-electron chi connectivity index (χ1n) is 9.11. The zero-order valence-electron chi connectivity index (χ0n) is 15.9. The Hall–Kier alpha value is -2.66. The van der Waals surface area contributed by atoms with Gasteiger partial charge in [-0.1, -0.05) is 29.8 Å². The molecule has 27 heavy (non-hydrogen) atoms. The van der Waals surface area contributed by atoms with Crippen LogP contribution in [0.2, 0.25) is 0 Å². The maximum absolute atomic E-state index is 12.3. The molecule has 5 heteroatoms. The lowest BCUT2D eigenvalue weighted by Crippen LogP contribution is -2.25. The summed E-state index contributed by atoms with van der Waals surface area (Å²) in [5.41, 5.74) is 4.05. The van der Waals surface area contributed by atoms with Crippen LogP contribution in [-0.4, -0.2) is 24.0 Å². The van der Waals surface area contributed by atoms with E-state index in [0.29, 0.717) is 18.7 Å². The molecule has 0 bridgehead atoms. The quantitative estimate of drug-likeness (QED) is 0.641. The molecule has 3 rings (SSSR count). The van der Waals surface area contributed by atoms with Gasteiger partial charge in [0.2, 0.25) is 0 Å². The average Bonchev–Trinajstić information content (AvgIpc) is 3.04. The van der Waals surface area contributed by atoms with Crippen molar-refractivity contribution in [3.05, 3.63) is 70.2 Å². The highest BCUT2D eigenvalue weighted by Crippen LogP contribution is 2.28. The normalized spacial score (nSPS) is 10.6. The summed E-state index contributed by atoms with van der Waals surface area (Å²) in [6, 6.07) is 15.6. The molecule has 1 aromatic heterocycles. The molecule has 0 atom stereocenters. The Bertz CT molecular complexity index is 899. The van der Waals surface area contributed by atoms with Crippen LogP contribution >= 0.6 is 11.3 Å². The van der Waals surface area contributed by atoms with Gasteiger partial charge in [0, 0.05) is 29.0 Å². The molecule has 140 valence electrons. The van der Waals surface area contributed by atoms with Crippen molar-refractivity contribution in [2.75, 3.05) is 13.2 Å². The molecule has 0 fully saturated rings. The molecule has 0 aliphatic carbocycles. The summed E-state index contributed by atoms with van der Waals surface area (Å²) in [7, 11) is 0. The number of nitrogens with zero attached hydrogens (tertiary/aromatic N) is 1.